The Kier molecular flexibility index (Phi) is 4.84. The van der Waals surface area contributed by atoms with Crippen molar-refractivity contribution in [3.8, 4) is 0 Å². The van der Waals surface area contributed by atoms with Gasteiger partial charge in [-0.15, -0.1) is 0 Å². The van der Waals surface area contributed by atoms with Crippen LogP contribution in [0, 0.1) is 0 Å². The lowest BCUT2D eigenvalue weighted by molar-refractivity contribution is 0.123. The Morgan fingerprint density at radius 3 is 2.94 bits per heavy atom. The fraction of sp³-hybridized carbons (Fsp3) is 0.615. The van der Waals surface area contributed by atoms with E-state index in [0.29, 0.717) is 16.2 Å². The SMILES string of the molecule is CC(N)C1CCCCN1Cc1cnc(Cl)cc1Cl. The van der Waals surface area contributed by atoms with E-state index in [1.165, 1.54) is 12.8 Å². The Hall–Kier alpha value is -0.350. The zero-order chi connectivity index (χ0) is 13.1. The maximum atomic E-state index is 6.19. The van der Waals surface area contributed by atoms with Crippen LogP contribution in [0.2, 0.25) is 10.2 Å². The monoisotopic (exact) mass is 287 g/mol. The van der Waals surface area contributed by atoms with Crippen LogP contribution in [0.15, 0.2) is 12.3 Å². The average Bonchev–Trinajstić information content (AvgIpc) is 2.33. The van der Waals surface area contributed by atoms with Gasteiger partial charge in [-0.2, -0.15) is 0 Å². The molecule has 0 amide bonds. The van der Waals surface area contributed by atoms with E-state index in [2.05, 4.69) is 16.8 Å². The number of pyridine rings is 1. The van der Waals surface area contributed by atoms with Crippen molar-refractivity contribution in [1.82, 2.24) is 9.88 Å². The molecule has 2 unspecified atom stereocenters. The second kappa shape index (κ2) is 6.20. The van der Waals surface area contributed by atoms with Crippen molar-refractivity contribution < 1.29 is 0 Å². The highest BCUT2D eigenvalue weighted by Gasteiger charge is 2.25. The van der Waals surface area contributed by atoms with Crippen molar-refractivity contribution >= 4 is 23.2 Å². The summed E-state index contributed by atoms with van der Waals surface area (Å²) in [6.45, 7) is 3.95. The Bertz CT molecular complexity index is 409. The lowest BCUT2D eigenvalue weighted by Gasteiger charge is -2.38. The first-order valence-electron chi connectivity index (χ1n) is 6.37. The Balaban J connectivity index is 2.11. The van der Waals surface area contributed by atoms with Crippen LogP contribution in [0.3, 0.4) is 0 Å². The van der Waals surface area contributed by atoms with E-state index in [9.17, 15) is 0 Å². The van der Waals surface area contributed by atoms with Crippen LogP contribution in [-0.2, 0) is 6.54 Å². The van der Waals surface area contributed by atoms with Crippen LogP contribution in [-0.4, -0.2) is 28.5 Å². The standard InChI is InChI=1S/C13H19Cl2N3/c1-9(16)12-4-2-3-5-18(12)8-10-7-17-13(15)6-11(10)14/h6-7,9,12H,2-5,8,16H2,1H3. The molecule has 1 aliphatic heterocycles. The average molecular weight is 288 g/mol. The lowest BCUT2D eigenvalue weighted by atomic mass is 9.96. The smallest absolute Gasteiger partial charge is 0.130 e. The molecule has 0 aliphatic carbocycles. The van der Waals surface area contributed by atoms with Gasteiger partial charge >= 0.3 is 0 Å². The van der Waals surface area contributed by atoms with Gasteiger partial charge in [0.15, 0.2) is 0 Å². The van der Waals surface area contributed by atoms with Gasteiger partial charge in [0, 0.05) is 35.4 Å². The highest BCUT2D eigenvalue weighted by Crippen LogP contribution is 2.25. The summed E-state index contributed by atoms with van der Waals surface area (Å²) in [5, 5.41) is 1.12. The molecule has 3 nitrogen and oxygen atoms in total. The summed E-state index contributed by atoms with van der Waals surface area (Å²) in [5.41, 5.74) is 7.08. The van der Waals surface area contributed by atoms with Gasteiger partial charge < -0.3 is 5.73 Å². The summed E-state index contributed by atoms with van der Waals surface area (Å²) in [4.78, 5) is 6.51. The lowest BCUT2D eigenvalue weighted by Crippen LogP contribution is -2.48. The number of hydrogen-bond acceptors (Lipinski definition) is 3. The summed E-state index contributed by atoms with van der Waals surface area (Å²) in [7, 11) is 0. The molecule has 0 aromatic carbocycles. The Morgan fingerprint density at radius 1 is 1.50 bits per heavy atom. The molecule has 0 radical (unpaired) electrons. The molecule has 5 heteroatoms. The van der Waals surface area contributed by atoms with Crippen LogP contribution in [0.4, 0.5) is 0 Å². The minimum Gasteiger partial charge on any atom is -0.327 e. The number of likely N-dealkylation sites (tertiary alicyclic amines) is 1. The van der Waals surface area contributed by atoms with E-state index in [1.807, 2.05) is 0 Å². The minimum atomic E-state index is 0.185. The van der Waals surface area contributed by atoms with Crippen molar-refractivity contribution in [2.75, 3.05) is 6.54 Å². The Labute approximate surface area is 118 Å². The second-order valence-corrected chi connectivity index (χ2v) is 5.79. The highest BCUT2D eigenvalue weighted by atomic mass is 35.5. The van der Waals surface area contributed by atoms with Crippen LogP contribution < -0.4 is 5.73 Å². The third kappa shape index (κ3) is 3.35. The van der Waals surface area contributed by atoms with Gasteiger partial charge in [-0.05, 0) is 32.4 Å². The number of nitrogens with zero attached hydrogens (tertiary/aromatic N) is 2. The maximum absolute atomic E-state index is 6.19. The summed E-state index contributed by atoms with van der Waals surface area (Å²) >= 11 is 12.0. The van der Waals surface area contributed by atoms with Crippen LogP contribution in [0.5, 0.6) is 0 Å². The molecule has 1 aromatic rings. The fourth-order valence-electron chi connectivity index (χ4n) is 2.58. The third-order valence-corrected chi connectivity index (χ3v) is 4.10. The van der Waals surface area contributed by atoms with E-state index in [-0.39, 0.29) is 6.04 Å². The molecular weight excluding hydrogens is 269 g/mol. The summed E-state index contributed by atoms with van der Waals surface area (Å²) in [6, 6.07) is 2.32. The molecule has 100 valence electrons. The number of nitrogens with two attached hydrogens (primary N) is 1. The zero-order valence-corrected chi connectivity index (χ0v) is 12.1. The van der Waals surface area contributed by atoms with Gasteiger partial charge in [-0.25, -0.2) is 4.98 Å². The largest absolute Gasteiger partial charge is 0.327 e. The van der Waals surface area contributed by atoms with Crippen molar-refractivity contribution in [1.29, 1.82) is 0 Å². The second-order valence-electron chi connectivity index (χ2n) is 4.99. The molecule has 2 atom stereocenters. The minimum absolute atomic E-state index is 0.185. The number of halogens is 2. The van der Waals surface area contributed by atoms with Gasteiger partial charge in [0.05, 0.1) is 0 Å². The van der Waals surface area contributed by atoms with Gasteiger partial charge in [-0.1, -0.05) is 29.6 Å². The van der Waals surface area contributed by atoms with Crippen LogP contribution >= 0.6 is 23.2 Å². The molecular formula is C13H19Cl2N3. The summed E-state index contributed by atoms with van der Waals surface area (Å²) < 4.78 is 0. The van der Waals surface area contributed by atoms with Gasteiger partial charge in [0.1, 0.15) is 5.15 Å². The Morgan fingerprint density at radius 2 is 2.28 bits per heavy atom. The van der Waals surface area contributed by atoms with Crippen molar-refractivity contribution in [3.63, 3.8) is 0 Å². The molecule has 0 bridgehead atoms. The predicted octanol–water partition coefficient (Wildman–Crippen LogP) is 3.09. The molecule has 2 heterocycles. The van der Waals surface area contributed by atoms with Crippen molar-refractivity contribution in [2.45, 2.75) is 44.8 Å². The van der Waals surface area contributed by atoms with E-state index >= 15 is 0 Å². The van der Waals surface area contributed by atoms with Crippen molar-refractivity contribution in [3.05, 3.63) is 28.0 Å². The summed E-state index contributed by atoms with van der Waals surface area (Å²) in [6.07, 6.45) is 5.41. The molecule has 1 aliphatic rings. The third-order valence-electron chi connectivity index (χ3n) is 3.54. The number of hydrogen-bond donors (Lipinski definition) is 1. The van der Waals surface area contributed by atoms with E-state index in [0.717, 1.165) is 25.1 Å². The normalized spacial score (nSPS) is 23.0. The maximum Gasteiger partial charge on any atom is 0.130 e. The van der Waals surface area contributed by atoms with Crippen molar-refractivity contribution in [2.24, 2.45) is 5.73 Å². The molecule has 18 heavy (non-hydrogen) atoms. The first-order valence-corrected chi connectivity index (χ1v) is 7.13. The molecule has 1 fully saturated rings. The van der Waals surface area contributed by atoms with Gasteiger partial charge in [-0.3, -0.25) is 4.90 Å². The van der Waals surface area contributed by atoms with Gasteiger partial charge in [0.2, 0.25) is 0 Å². The number of rotatable bonds is 3. The van der Waals surface area contributed by atoms with Crippen LogP contribution in [0.25, 0.3) is 0 Å². The first-order chi connectivity index (χ1) is 8.58. The number of aromatic nitrogens is 1. The molecule has 0 saturated carbocycles. The molecule has 0 spiro atoms. The molecule has 2 rings (SSSR count). The molecule has 2 N–H and O–H groups in total. The van der Waals surface area contributed by atoms with Gasteiger partial charge in [0.25, 0.3) is 0 Å². The highest BCUT2D eigenvalue weighted by molar-refractivity contribution is 6.34. The molecule has 1 aromatic heterocycles. The van der Waals surface area contributed by atoms with E-state index in [1.54, 1.807) is 12.3 Å². The molecule has 1 saturated heterocycles. The zero-order valence-electron chi connectivity index (χ0n) is 10.6. The number of piperidine rings is 1. The predicted molar refractivity (Wildman–Crippen MR) is 76.0 cm³/mol. The van der Waals surface area contributed by atoms with E-state index in [4.69, 9.17) is 28.9 Å². The summed E-state index contributed by atoms with van der Waals surface area (Å²) in [5.74, 6) is 0. The quantitative estimate of drug-likeness (QED) is 0.869. The van der Waals surface area contributed by atoms with Crippen LogP contribution in [0.1, 0.15) is 31.7 Å². The fourth-order valence-corrected chi connectivity index (χ4v) is 3.01. The topological polar surface area (TPSA) is 42.1 Å². The van der Waals surface area contributed by atoms with E-state index < -0.39 is 0 Å². The first kappa shape index (κ1) is 14.1.